The monoisotopic (exact) mass is 327 g/mol. The number of benzene rings is 1. The van der Waals surface area contributed by atoms with E-state index in [-0.39, 0.29) is 5.91 Å². The number of anilines is 2. The molecule has 6 nitrogen and oxygen atoms in total. The summed E-state index contributed by atoms with van der Waals surface area (Å²) in [5.41, 5.74) is 6.59. The fraction of sp³-hybridized carbons (Fsp3) is 0.231. The molecule has 112 valence electrons. The van der Waals surface area contributed by atoms with E-state index in [9.17, 15) is 4.79 Å². The third-order valence-electron chi connectivity index (χ3n) is 2.74. The van der Waals surface area contributed by atoms with Crippen molar-refractivity contribution in [3.63, 3.8) is 0 Å². The van der Waals surface area contributed by atoms with Gasteiger partial charge in [-0.3, -0.25) is 4.79 Å². The Morgan fingerprint density at radius 3 is 2.48 bits per heavy atom. The second-order valence-electron chi connectivity index (χ2n) is 4.11. The third-order valence-corrected chi connectivity index (χ3v) is 4.04. The molecule has 0 aliphatic carbocycles. The second-order valence-corrected chi connectivity index (χ2v) is 5.55. The smallest absolute Gasteiger partial charge is 0.267 e. The number of nitrogens with zero attached hydrogens (tertiary/aromatic N) is 1. The molecule has 3 N–H and O–H groups in total. The minimum atomic E-state index is -0.323. The van der Waals surface area contributed by atoms with Gasteiger partial charge in [0.05, 0.1) is 30.6 Å². The van der Waals surface area contributed by atoms with Gasteiger partial charge in [-0.05, 0) is 6.92 Å². The predicted octanol–water partition coefficient (Wildman–Crippen LogP) is 2.96. The normalized spacial score (nSPS) is 10.3. The number of ether oxygens (including phenoxy) is 2. The van der Waals surface area contributed by atoms with E-state index in [0.717, 1.165) is 11.3 Å². The Hall–Kier alpha value is -1.99. The number of thiazole rings is 1. The van der Waals surface area contributed by atoms with E-state index >= 15 is 0 Å². The molecule has 8 heteroatoms. The lowest BCUT2D eigenvalue weighted by Gasteiger charge is -2.12. The van der Waals surface area contributed by atoms with E-state index in [4.69, 9.17) is 26.8 Å². The maximum Gasteiger partial charge on any atom is 0.267 e. The van der Waals surface area contributed by atoms with Crippen LogP contribution in [0.3, 0.4) is 0 Å². The first-order chi connectivity index (χ1) is 9.96. The van der Waals surface area contributed by atoms with Crippen LogP contribution in [0.5, 0.6) is 11.5 Å². The summed E-state index contributed by atoms with van der Waals surface area (Å²) in [5, 5.41) is 3.40. The second kappa shape index (κ2) is 6.19. The Morgan fingerprint density at radius 1 is 1.33 bits per heavy atom. The molecule has 0 atom stereocenters. The van der Waals surface area contributed by atoms with Gasteiger partial charge in [0.15, 0.2) is 16.6 Å². The molecule has 1 aromatic heterocycles. The molecule has 0 saturated heterocycles. The number of amides is 1. The Balaban J connectivity index is 2.31. The molecule has 0 aliphatic rings. The average Bonchev–Trinajstić information content (AvgIpc) is 2.79. The highest BCUT2D eigenvalue weighted by atomic mass is 35.5. The topological polar surface area (TPSA) is 86.5 Å². The summed E-state index contributed by atoms with van der Waals surface area (Å²) in [7, 11) is 3.02. The van der Waals surface area contributed by atoms with Crippen molar-refractivity contribution in [1.82, 2.24) is 4.98 Å². The minimum absolute atomic E-state index is 0.323. The number of hydrogen-bond donors (Lipinski definition) is 2. The van der Waals surface area contributed by atoms with Crippen molar-refractivity contribution in [1.29, 1.82) is 0 Å². The highest BCUT2D eigenvalue weighted by Gasteiger charge is 2.17. The number of nitrogens with one attached hydrogen (secondary N) is 1. The molecular formula is C13H14ClN3O3S. The highest BCUT2D eigenvalue weighted by Crippen LogP contribution is 2.36. The third kappa shape index (κ3) is 3.20. The Morgan fingerprint density at radius 2 is 1.95 bits per heavy atom. The molecule has 0 saturated carbocycles. The Bertz CT molecular complexity index is 688. The maximum atomic E-state index is 12.2. The molecule has 2 rings (SSSR count). The van der Waals surface area contributed by atoms with Crippen LogP contribution in [0.15, 0.2) is 12.1 Å². The number of nitrogen functional groups attached to an aromatic ring is 1. The van der Waals surface area contributed by atoms with Crippen LogP contribution in [-0.4, -0.2) is 25.1 Å². The van der Waals surface area contributed by atoms with Crippen LogP contribution in [0.1, 0.15) is 15.4 Å². The highest BCUT2D eigenvalue weighted by molar-refractivity contribution is 7.17. The van der Waals surface area contributed by atoms with Crippen LogP contribution in [0.4, 0.5) is 10.8 Å². The van der Waals surface area contributed by atoms with Crippen molar-refractivity contribution in [2.24, 2.45) is 0 Å². The van der Waals surface area contributed by atoms with Gasteiger partial charge in [-0.1, -0.05) is 22.9 Å². The molecule has 0 unspecified atom stereocenters. The first-order valence-corrected chi connectivity index (χ1v) is 7.11. The molecule has 0 aliphatic heterocycles. The van der Waals surface area contributed by atoms with Crippen LogP contribution in [0, 0.1) is 6.92 Å². The Kier molecular flexibility index (Phi) is 4.54. The van der Waals surface area contributed by atoms with Crippen molar-refractivity contribution < 1.29 is 14.3 Å². The summed E-state index contributed by atoms with van der Waals surface area (Å²) in [4.78, 5) is 16.7. The van der Waals surface area contributed by atoms with E-state index in [1.807, 2.05) is 0 Å². The zero-order valence-corrected chi connectivity index (χ0v) is 13.3. The first kappa shape index (κ1) is 15.4. The lowest BCUT2D eigenvalue weighted by Crippen LogP contribution is -2.12. The van der Waals surface area contributed by atoms with Gasteiger partial charge >= 0.3 is 0 Å². The van der Waals surface area contributed by atoms with Gasteiger partial charge in [-0.2, -0.15) is 0 Å². The van der Waals surface area contributed by atoms with Crippen LogP contribution < -0.4 is 20.5 Å². The minimum Gasteiger partial charge on any atom is -0.493 e. The first-order valence-electron chi connectivity index (χ1n) is 5.92. The number of aromatic nitrogens is 1. The van der Waals surface area contributed by atoms with E-state index in [0.29, 0.717) is 37.9 Å². The van der Waals surface area contributed by atoms with Gasteiger partial charge in [0.2, 0.25) is 0 Å². The lowest BCUT2D eigenvalue weighted by molar-refractivity contribution is 0.103. The van der Waals surface area contributed by atoms with Crippen molar-refractivity contribution in [2.45, 2.75) is 6.92 Å². The molecule has 1 aromatic carbocycles. The number of methoxy groups -OCH3 is 2. The Labute approximate surface area is 130 Å². The average molecular weight is 328 g/mol. The number of carbonyl (C=O) groups excluding carboxylic acids is 1. The fourth-order valence-electron chi connectivity index (χ4n) is 1.76. The van der Waals surface area contributed by atoms with E-state index < -0.39 is 0 Å². The maximum absolute atomic E-state index is 12.2. The van der Waals surface area contributed by atoms with Gasteiger partial charge < -0.3 is 20.5 Å². The molecular weight excluding hydrogens is 314 g/mol. The summed E-state index contributed by atoms with van der Waals surface area (Å²) in [6.07, 6.45) is 0. The number of nitrogens with two attached hydrogens (primary N) is 1. The molecule has 0 radical (unpaired) electrons. The molecule has 0 spiro atoms. The quantitative estimate of drug-likeness (QED) is 0.901. The van der Waals surface area contributed by atoms with Gasteiger partial charge in [-0.25, -0.2) is 4.98 Å². The summed E-state index contributed by atoms with van der Waals surface area (Å²) in [6.45, 7) is 1.72. The molecule has 0 bridgehead atoms. The van der Waals surface area contributed by atoms with Crippen molar-refractivity contribution in [3.8, 4) is 11.5 Å². The summed E-state index contributed by atoms with van der Waals surface area (Å²) in [5.74, 6) is 0.632. The largest absolute Gasteiger partial charge is 0.493 e. The number of rotatable bonds is 4. The molecule has 0 fully saturated rings. The molecule has 1 amide bonds. The summed E-state index contributed by atoms with van der Waals surface area (Å²) >= 11 is 7.25. The lowest BCUT2D eigenvalue weighted by atomic mass is 10.2. The molecule has 21 heavy (non-hydrogen) atoms. The zero-order valence-electron chi connectivity index (χ0n) is 11.7. The van der Waals surface area contributed by atoms with Crippen LogP contribution in [-0.2, 0) is 0 Å². The number of hydrogen-bond acceptors (Lipinski definition) is 6. The van der Waals surface area contributed by atoms with Crippen LogP contribution in [0.2, 0.25) is 5.02 Å². The van der Waals surface area contributed by atoms with E-state index in [1.165, 1.54) is 14.2 Å². The van der Waals surface area contributed by atoms with Crippen molar-refractivity contribution in [2.75, 3.05) is 25.3 Å². The predicted molar refractivity (Wildman–Crippen MR) is 83.8 cm³/mol. The zero-order chi connectivity index (χ0) is 15.6. The van der Waals surface area contributed by atoms with Crippen LogP contribution in [0.25, 0.3) is 0 Å². The summed E-state index contributed by atoms with van der Waals surface area (Å²) < 4.78 is 10.3. The molecule has 1 heterocycles. The molecule has 2 aromatic rings. The SMILES string of the molecule is COc1cc(Cl)c(NC(=O)c2sc(N)nc2C)cc1OC. The van der Waals surface area contributed by atoms with Crippen molar-refractivity contribution >= 4 is 39.7 Å². The van der Waals surface area contributed by atoms with Gasteiger partial charge in [-0.15, -0.1) is 0 Å². The van der Waals surface area contributed by atoms with Crippen LogP contribution >= 0.6 is 22.9 Å². The summed E-state index contributed by atoms with van der Waals surface area (Å²) in [6, 6.07) is 3.17. The van der Waals surface area contributed by atoms with E-state index in [1.54, 1.807) is 19.1 Å². The van der Waals surface area contributed by atoms with Gasteiger partial charge in [0.25, 0.3) is 5.91 Å². The number of halogens is 1. The van der Waals surface area contributed by atoms with Crippen molar-refractivity contribution in [3.05, 3.63) is 27.7 Å². The standard InChI is InChI=1S/C13H14ClN3O3S/c1-6-11(21-13(15)16-6)12(18)17-8-5-10(20-3)9(19-2)4-7(8)14/h4-5H,1-3H3,(H2,15,16)(H,17,18). The van der Waals surface area contributed by atoms with Gasteiger partial charge in [0.1, 0.15) is 4.88 Å². The number of carbonyl (C=O) groups is 1. The number of aryl methyl sites for hydroxylation is 1. The van der Waals surface area contributed by atoms with E-state index in [2.05, 4.69) is 10.3 Å². The van der Waals surface area contributed by atoms with Gasteiger partial charge in [0, 0.05) is 12.1 Å². The fourth-order valence-corrected chi connectivity index (χ4v) is 2.69.